The molecular weight excluding hydrogens is 281 g/mol. The Balaban J connectivity index is 2.25. The van der Waals surface area contributed by atoms with E-state index in [9.17, 15) is 8.78 Å². The molecule has 1 N–H and O–H groups in total. The Hall–Kier alpha value is -0.420. The predicted octanol–water partition coefficient (Wildman–Crippen LogP) is 3.20. The van der Waals surface area contributed by atoms with Crippen molar-refractivity contribution in [2.45, 2.75) is 12.5 Å². The Morgan fingerprint density at radius 1 is 1.11 bits per heavy atom. The molecule has 1 aromatic rings. The minimum absolute atomic E-state index is 0.315. The molecule has 2 rings (SSSR count). The van der Waals surface area contributed by atoms with Crippen molar-refractivity contribution in [3.63, 3.8) is 0 Å². The summed E-state index contributed by atoms with van der Waals surface area (Å²) in [6, 6.07) is 3.80. The third kappa shape index (κ3) is 3.12. The summed E-state index contributed by atoms with van der Waals surface area (Å²) in [5, 5.41) is 3.84. The molecule has 0 saturated carbocycles. The van der Waals surface area contributed by atoms with E-state index in [1.54, 1.807) is 17.0 Å². The minimum Gasteiger partial charge on any atom is -0.314 e. The number of piperazine rings is 1. The fraction of sp³-hybridized carbons (Fsp3) is 0.500. The van der Waals surface area contributed by atoms with E-state index in [1.165, 1.54) is 6.07 Å². The van der Waals surface area contributed by atoms with Crippen LogP contribution < -0.4 is 5.32 Å². The normalized spacial score (nSPS) is 19.2. The minimum atomic E-state index is -2.44. The first-order valence-corrected chi connectivity index (χ1v) is 6.53. The molecule has 1 aromatic carbocycles. The predicted molar refractivity (Wildman–Crippen MR) is 69.6 cm³/mol. The van der Waals surface area contributed by atoms with E-state index in [2.05, 4.69) is 5.32 Å². The molecule has 0 amide bonds. The van der Waals surface area contributed by atoms with E-state index in [1.807, 2.05) is 0 Å². The number of rotatable bonds is 3. The first kappa shape index (κ1) is 14.0. The largest absolute Gasteiger partial charge is 0.314 e. The molecule has 18 heavy (non-hydrogen) atoms. The fourth-order valence-electron chi connectivity index (χ4n) is 2.17. The highest BCUT2D eigenvalue weighted by Gasteiger charge is 2.30. The number of hydrogen-bond acceptors (Lipinski definition) is 2. The molecule has 1 atom stereocenters. The van der Waals surface area contributed by atoms with Crippen molar-refractivity contribution < 1.29 is 8.78 Å². The number of nitrogens with zero attached hydrogens (tertiary/aromatic N) is 1. The lowest BCUT2D eigenvalue weighted by atomic mass is 10.0. The van der Waals surface area contributed by atoms with Gasteiger partial charge in [0.25, 0.3) is 6.43 Å². The summed E-state index contributed by atoms with van der Waals surface area (Å²) in [4.78, 5) is 1.78. The van der Waals surface area contributed by atoms with Crippen LogP contribution in [0.15, 0.2) is 18.2 Å². The second-order valence-corrected chi connectivity index (χ2v) is 5.05. The third-order valence-corrected chi connectivity index (χ3v) is 3.81. The van der Waals surface area contributed by atoms with Gasteiger partial charge in [-0.05, 0) is 17.7 Å². The lowest BCUT2D eigenvalue weighted by molar-refractivity contribution is 0.0182. The highest BCUT2D eigenvalue weighted by Crippen LogP contribution is 2.32. The molecule has 0 radical (unpaired) electrons. The third-order valence-electron chi connectivity index (χ3n) is 3.07. The van der Waals surface area contributed by atoms with Crippen LogP contribution in [0, 0.1) is 0 Å². The van der Waals surface area contributed by atoms with Crippen LogP contribution in [0.1, 0.15) is 11.6 Å². The molecule has 0 bridgehead atoms. The Morgan fingerprint density at radius 2 is 1.78 bits per heavy atom. The summed E-state index contributed by atoms with van der Waals surface area (Å²) in [6.07, 6.45) is -2.44. The molecule has 0 aromatic heterocycles. The van der Waals surface area contributed by atoms with Crippen LogP contribution in [0.3, 0.4) is 0 Å². The van der Waals surface area contributed by atoms with Crippen molar-refractivity contribution in [3.8, 4) is 0 Å². The molecule has 1 aliphatic rings. The number of benzene rings is 1. The van der Waals surface area contributed by atoms with Crippen LogP contribution in [0.25, 0.3) is 0 Å². The van der Waals surface area contributed by atoms with Crippen LogP contribution in [-0.2, 0) is 0 Å². The van der Waals surface area contributed by atoms with E-state index < -0.39 is 12.5 Å². The Morgan fingerprint density at radius 3 is 2.33 bits per heavy atom. The standard InChI is InChI=1S/C12H14Cl2F2N2/c13-9-2-1-8(7-10(9)14)11(12(15)16)18-5-3-17-4-6-18/h1-2,7,11-12,17H,3-6H2/t11-/m0/s1. The molecule has 6 heteroatoms. The smallest absolute Gasteiger partial charge is 0.258 e. The maximum atomic E-state index is 13.3. The number of hydrogen-bond donors (Lipinski definition) is 1. The van der Waals surface area contributed by atoms with Crippen LogP contribution in [-0.4, -0.2) is 37.5 Å². The molecule has 100 valence electrons. The van der Waals surface area contributed by atoms with Gasteiger partial charge >= 0.3 is 0 Å². The molecule has 1 fully saturated rings. The summed E-state index contributed by atoms with van der Waals surface area (Å²) in [5.41, 5.74) is 0.515. The summed E-state index contributed by atoms with van der Waals surface area (Å²) in [7, 11) is 0. The van der Waals surface area contributed by atoms with Crippen LogP contribution in [0.4, 0.5) is 8.78 Å². The van der Waals surface area contributed by atoms with E-state index >= 15 is 0 Å². The van der Waals surface area contributed by atoms with Gasteiger partial charge in [0, 0.05) is 26.2 Å². The van der Waals surface area contributed by atoms with Crippen molar-refractivity contribution in [1.82, 2.24) is 10.2 Å². The van der Waals surface area contributed by atoms with Gasteiger partial charge in [-0.25, -0.2) is 8.78 Å². The van der Waals surface area contributed by atoms with Crippen LogP contribution >= 0.6 is 23.2 Å². The zero-order chi connectivity index (χ0) is 13.1. The lowest BCUT2D eigenvalue weighted by Gasteiger charge is -2.34. The zero-order valence-electron chi connectivity index (χ0n) is 9.67. The Bertz CT molecular complexity index is 409. The quantitative estimate of drug-likeness (QED) is 0.921. The van der Waals surface area contributed by atoms with E-state index in [-0.39, 0.29) is 0 Å². The van der Waals surface area contributed by atoms with Gasteiger partial charge in [0.15, 0.2) is 0 Å². The monoisotopic (exact) mass is 294 g/mol. The van der Waals surface area contributed by atoms with Crippen LogP contribution in [0.2, 0.25) is 10.0 Å². The Kier molecular flexibility index (Phi) is 4.78. The second kappa shape index (κ2) is 6.15. The first-order valence-electron chi connectivity index (χ1n) is 5.77. The van der Waals surface area contributed by atoms with Gasteiger partial charge in [0.2, 0.25) is 0 Å². The van der Waals surface area contributed by atoms with E-state index in [0.717, 1.165) is 13.1 Å². The zero-order valence-corrected chi connectivity index (χ0v) is 11.2. The van der Waals surface area contributed by atoms with Gasteiger partial charge < -0.3 is 5.32 Å². The second-order valence-electron chi connectivity index (χ2n) is 4.24. The summed E-state index contributed by atoms with van der Waals surface area (Å²) in [5.74, 6) is 0. The molecule has 0 spiro atoms. The molecule has 2 nitrogen and oxygen atoms in total. The van der Waals surface area contributed by atoms with Gasteiger partial charge in [-0.15, -0.1) is 0 Å². The maximum Gasteiger partial charge on any atom is 0.258 e. The van der Waals surface area contributed by atoms with Gasteiger partial charge in [-0.2, -0.15) is 0 Å². The summed E-state index contributed by atoms with van der Waals surface area (Å²) in [6.45, 7) is 2.67. The molecule has 1 heterocycles. The molecule has 1 aliphatic heterocycles. The Labute approximate surface area is 115 Å². The first-order chi connectivity index (χ1) is 8.59. The fourth-order valence-corrected chi connectivity index (χ4v) is 2.48. The van der Waals surface area contributed by atoms with E-state index in [0.29, 0.717) is 28.7 Å². The molecule has 0 unspecified atom stereocenters. The van der Waals surface area contributed by atoms with Gasteiger partial charge in [-0.1, -0.05) is 29.3 Å². The average Bonchev–Trinajstić information content (AvgIpc) is 2.35. The van der Waals surface area contributed by atoms with Gasteiger partial charge in [-0.3, -0.25) is 4.90 Å². The van der Waals surface area contributed by atoms with Gasteiger partial charge in [0.1, 0.15) is 0 Å². The van der Waals surface area contributed by atoms with Crippen molar-refractivity contribution >= 4 is 23.2 Å². The molecular formula is C12H14Cl2F2N2. The summed E-state index contributed by atoms with van der Waals surface area (Å²) >= 11 is 11.7. The van der Waals surface area contributed by atoms with Crippen LogP contribution in [0.5, 0.6) is 0 Å². The van der Waals surface area contributed by atoms with E-state index in [4.69, 9.17) is 23.2 Å². The van der Waals surface area contributed by atoms with Gasteiger partial charge in [0.05, 0.1) is 16.1 Å². The highest BCUT2D eigenvalue weighted by molar-refractivity contribution is 6.42. The lowest BCUT2D eigenvalue weighted by Crippen LogP contribution is -2.46. The molecule has 1 saturated heterocycles. The van der Waals surface area contributed by atoms with Crippen molar-refractivity contribution in [2.24, 2.45) is 0 Å². The average molecular weight is 295 g/mol. The summed E-state index contributed by atoms with van der Waals surface area (Å²) < 4.78 is 26.5. The van der Waals surface area contributed by atoms with Crippen molar-refractivity contribution in [2.75, 3.05) is 26.2 Å². The number of halogens is 4. The topological polar surface area (TPSA) is 15.3 Å². The maximum absolute atomic E-state index is 13.3. The number of alkyl halides is 2. The number of nitrogens with one attached hydrogen (secondary N) is 1. The molecule has 0 aliphatic carbocycles. The highest BCUT2D eigenvalue weighted by atomic mass is 35.5. The SMILES string of the molecule is FC(F)[C@H](c1ccc(Cl)c(Cl)c1)N1CCNCC1. The van der Waals surface area contributed by atoms with Crippen molar-refractivity contribution in [1.29, 1.82) is 0 Å². The van der Waals surface area contributed by atoms with Crippen molar-refractivity contribution in [3.05, 3.63) is 33.8 Å².